The van der Waals surface area contributed by atoms with Crippen LogP contribution in [0.3, 0.4) is 0 Å². The van der Waals surface area contributed by atoms with Crippen LogP contribution in [-0.2, 0) is 4.79 Å². The van der Waals surface area contributed by atoms with E-state index in [1.165, 1.54) is 30.7 Å². The number of hydrogen-bond acceptors (Lipinski definition) is 7. The molecule has 1 aromatic carbocycles. The maximum Gasteiger partial charge on any atom is 0.255 e. The molecule has 4 rings (SSSR count). The number of aromatic nitrogens is 3. The van der Waals surface area contributed by atoms with Gasteiger partial charge < -0.3 is 19.9 Å². The average Bonchev–Trinajstić information content (AvgIpc) is 2.86. The summed E-state index contributed by atoms with van der Waals surface area (Å²) >= 11 is 0. The highest BCUT2D eigenvalue weighted by Crippen LogP contribution is 2.26. The van der Waals surface area contributed by atoms with Gasteiger partial charge in [0.15, 0.2) is 17.4 Å². The maximum atomic E-state index is 13.8. The highest BCUT2D eigenvalue weighted by atomic mass is 19.1. The highest BCUT2D eigenvalue weighted by Gasteiger charge is 2.39. The number of anilines is 1. The molecule has 3 aromatic rings. The summed E-state index contributed by atoms with van der Waals surface area (Å²) < 4.78 is 32.1. The Bertz CT molecular complexity index is 1340. The molecule has 37 heavy (non-hydrogen) atoms. The van der Waals surface area contributed by atoms with Gasteiger partial charge in [0.05, 0.1) is 29.5 Å². The molecule has 2 aromatic heterocycles. The summed E-state index contributed by atoms with van der Waals surface area (Å²) in [5.74, 6) is -2.18. The van der Waals surface area contributed by atoms with Crippen LogP contribution in [0.25, 0.3) is 0 Å². The fraction of sp³-hybridized carbons (Fsp3) is 0.320. The zero-order valence-corrected chi connectivity index (χ0v) is 20.5. The summed E-state index contributed by atoms with van der Waals surface area (Å²) in [7, 11) is 0. The van der Waals surface area contributed by atoms with Gasteiger partial charge in [0.2, 0.25) is 17.3 Å². The molecule has 10 nitrogen and oxygen atoms in total. The van der Waals surface area contributed by atoms with Gasteiger partial charge in [0.1, 0.15) is 5.82 Å². The van der Waals surface area contributed by atoms with Crippen LogP contribution < -0.4 is 15.6 Å². The van der Waals surface area contributed by atoms with E-state index in [1.807, 2.05) is 18.7 Å². The second-order valence-electron chi connectivity index (χ2n) is 9.26. The molecule has 1 saturated heterocycles. The Morgan fingerprint density at radius 2 is 1.92 bits per heavy atom. The van der Waals surface area contributed by atoms with Crippen molar-refractivity contribution in [1.29, 1.82) is 0 Å². The van der Waals surface area contributed by atoms with E-state index in [4.69, 9.17) is 4.74 Å². The van der Waals surface area contributed by atoms with Crippen molar-refractivity contribution in [3.8, 4) is 11.6 Å². The molecule has 0 aliphatic carbocycles. The molecule has 1 atom stereocenters. The second kappa shape index (κ2) is 10.4. The first-order valence-electron chi connectivity index (χ1n) is 11.5. The molecule has 0 spiro atoms. The SMILES string of the molecule is C[C@H](C(=O)Nc1cnc(Oc2ccc(F)cc2F)cn1)N1CCN(C(=O)c2ccc(=O)[nH]c2)C(C)(C)C1. The number of nitrogens with one attached hydrogen (secondary N) is 2. The van der Waals surface area contributed by atoms with Crippen molar-refractivity contribution in [3.05, 3.63) is 76.5 Å². The van der Waals surface area contributed by atoms with Crippen molar-refractivity contribution in [3.63, 3.8) is 0 Å². The molecule has 1 fully saturated rings. The Morgan fingerprint density at radius 3 is 2.54 bits per heavy atom. The third-order valence-corrected chi connectivity index (χ3v) is 6.12. The standard InChI is InChI=1S/C25H26F2N6O4/c1-15(32-8-9-33(25(2,3)14-32)24(36)16-4-7-21(34)29-11-16)23(35)31-20-12-30-22(13-28-20)37-19-6-5-17(26)10-18(19)27/h4-7,10-13,15H,8-9,14H2,1-3H3,(H,29,34)(H,28,31,35)/t15-/m1/s1. The Labute approximate surface area is 211 Å². The molecule has 1 aliphatic heterocycles. The quantitative estimate of drug-likeness (QED) is 0.521. The van der Waals surface area contributed by atoms with Gasteiger partial charge in [-0.15, -0.1) is 0 Å². The maximum absolute atomic E-state index is 13.8. The van der Waals surface area contributed by atoms with Gasteiger partial charge in [-0.2, -0.15) is 0 Å². The minimum absolute atomic E-state index is 0.0263. The van der Waals surface area contributed by atoms with Crippen molar-refractivity contribution in [2.75, 3.05) is 25.0 Å². The first-order valence-corrected chi connectivity index (χ1v) is 11.5. The largest absolute Gasteiger partial charge is 0.434 e. The van der Waals surface area contributed by atoms with Crippen LogP contribution in [0.5, 0.6) is 11.6 Å². The summed E-state index contributed by atoms with van der Waals surface area (Å²) in [6.45, 7) is 6.90. The van der Waals surface area contributed by atoms with E-state index in [0.29, 0.717) is 31.3 Å². The van der Waals surface area contributed by atoms with E-state index in [1.54, 1.807) is 11.8 Å². The Kier molecular flexibility index (Phi) is 7.30. The summed E-state index contributed by atoms with van der Waals surface area (Å²) in [5, 5.41) is 2.69. The van der Waals surface area contributed by atoms with Crippen LogP contribution in [0, 0.1) is 11.6 Å². The fourth-order valence-electron chi connectivity index (χ4n) is 4.10. The predicted molar refractivity (Wildman–Crippen MR) is 130 cm³/mol. The number of carbonyl (C=O) groups excluding carboxylic acids is 2. The van der Waals surface area contributed by atoms with E-state index in [-0.39, 0.29) is 34.8 Å². The van der Waals surface area contributed by atoms with Crippen molar-refractivity contribution < 1.29 is 23.1 Å². The number of aromatic amines is 1. The molecular formula is C25H26F2N6O4. The van der Waals surface area contributed by atoms with Crippen molar-refractivity contribution in [2.45, 2.75) is 32.4 Å². The molecule has 0 unspecified atom stereocenters. The Hall–Kier alpha value is -4.19. The van der Waals surface area contributed by atoms with Gasteiger partial charge >= 0.3 is 0 Å². The summed E-state index contributed by atoms with van der Waals surface area (Å²) in [6.07, 6.45) is 3.89. The molecular weight excluding hydrogens is 486 g/mol. The fourth-order valence-corrected chi connectivity index (χ4v) is 4.10. The van der Waals surface area contributed by atoms with Crippen molar-refractivity contribution in [2.24, 2.45) is 0 Å². The number of carbonyl (C=O) groups is 2. The molecule has 3 heterocycles. The normalized spacial score (nSPS) is 16.2. The zero-order valence-electron chi connectivity index (χ0n) is 20.5. The van der Waals surface area contributed by atoms with Crippen LogP contribution >= 0.6 is 0 Å². The zero-order chi connectivity index (χ0) is 26.7. The number of ether oxygens (including phenoxy) is 1. The monoisotopic (exact) mass is 512 g/mol. The number of halogens is 2. The summed E-state index contributed by atoms with van der Waals surface area (Å²) in [4.78, 5) is 51.5. The first-order chi connectivity index (χ1) is 17.5. The van der Waals surface area contributed by atoms with Gasteiger partial charge in [-0.25, -0.2) is 18.7 Å². The number of hydrogen-bond donors (Lipinski definition) is 2. The van der Waals surface area contributed by atoms with E-state index >= 15 is 0 Å². The lowest BCUT2D eigenvalue weighted by atomic mass is 9.96. The average molecular weight is 513 g/mol. The van der Waals surface area contributed by atoms with Crippen molar-refractivity contribution in [1.82, 2.24) is 24.8 Å². The van der Waals surface area contributed by atoms with Crippen LogP contribution in [0.4, 0.5) is 14.6 Å². The molecule has 0 radical (unpaired) electrons. The van der Waals surface area contributed by atoms with Gasteiger partial charge in [0.25, 0.3) is 5.91 Å². The number of piperazine rings is 1. The molecule has 0 bridgehead atoms. The number of pyridine rings is 1. The van der Waals surface area contributed by atoms with E-state index in [2.05, 4.69) is 20.3 Å². The van der Waals surface area contributed by atoms with Crippen LogP contribution in [0.1, 0.15) is 31.1 Å². The molecule has 2 amide bonds. The molecule has 12 heteroatoms. The lowest BCUT2D eigenvalue weighted by Crippen LogP contribution is -2.63. The van der Waals surface area contributed by atoms with Crippen LogP contribution in [-0.4, -0.2) is 67.8 Å². The van der Waals surface area contributed by atoms with Crippen LogP contribution in [0.2, 0.25) is 0 Å². The third-order valence-electron chi connectivity index (χ3n) is 6.12. The first kappa shape index (κ1) is 25.9. The minimum Gasteiger partial charge on any atom is -0.434 e. The second-order valence-corrected chi connectivity index (χ2v) is 9.26. The lowest BCUT2D eigenvalue weighted by Gasteiger charge is -2.48. The molecule has 0 saturated carbocycles. The van der Waals surface area contributed by atoms with E-state index in [9.17, 15) is 23.2 Å². The molecule has 1 aliphatic rings. The number of nitrogens with zero attached hydrogens (tertiary/aromatic N) is 4. The smallest absolute Gasteiger partial charge is 0.255 e. The minimum atomic E-state index is -0.878. The van der Waals surface area contributed by atoms with Crippen LogP contribution in [0.15, 0.2) is 53.7 Å². The molecule has 2 N–H and O–H groups in total. The highest BCUT2D eigenvalue weighted by molar-refractivity contribution is 5.95. The number of H-pyrrole nitrogens is 1. The van der Waals surface area contributed by atoms with E-state index in [0.717, 1.165) is 12.1 Å². The Balaban J connectivity index is 1.35. The Morgan fingerprint density at radius 1 is 1.14 bits per heavy atom. The van der Waals surface area contributed by atoms with Gasteiger partial charge in [0, 0.05) is 38.0 Å². The number of rotatable bonds is 6. The van der Waals surface area contributed by atoms with Gasteiger partial charge in [-0.05, 0) is 39.0 Å². The van der Waals surface area contributed by atoms with Gasteiger partial charge in [-0.3, -0.25) is 19.3 Å². The molecule has 194 valence electrons. The predicted octanol–water partition coefficient (Wildman–Crippen LogP) is 2.80. The third kappa shape index (κ3) is 5.97. The lowest BCUT2D eigenvalue weighted by molar-refractivity contribution is -0.122. The summed E-state index contributed by atoms with van der Waals surface area (Å²) in [6, 6.07) is 5.16. The topological polar surface area (TPSA) is 121 Å². The van der Waals surface area contributed by atoms with Crippen molar-refractivity contribution >= 4 is 17.6 Å². The van der Waals surface area contributed by atoms with E-state index < -0.39 is 23.2 Å². The number of amides is 2. The summed E-state index contributed by atoms with van der Waals surface area (Å²) in [5.41, 5.74) is -0.469. The van der Waals surface area contributed by atoms with Gasteiger partial charge in [-0.1, -0.05) is 0 Å². The number of benzene rings is 1.